The van der Waals surface area contributed by atoms with Gasteiger partial charge in [-0.3, -0.25) is 4.79 Å². The Labute approximate surface area is 239 Å². The van der Waals surface area contributed by atoms with E-state index in [2.05, 4.69) is 34.6 Å². The van der Waals surface area contributed by atoms with Gasteiger partial charge in [0.1, 0.15) is 5.75 Å². The number of fused-ring (bicyclic) bond motifs is 3. The first-order valence-electron chi connectivity index (χ1n) is 14.4. The van der Waals surface area contributed by atoms with Gasteiger partial charge in [-0.15, -0.1) is 10.2 Å². The molecule has 1 spiro atoms. The third kappa shape index (κ3) is 4.42. The van der Waals surface area contributed by atoms with Crippen molar-refractivity contribution < 1.29 is 19.1 Å². The van der Waals surface area contributed by atoms with E-state index in [4.69, 9.17) is 9.15 Å². The van der Waals surface area contributed by atoms with Crippen LogP contribution >= 0.6 is 0 Å². The topological polar surface area (TPSA) is 101 Å². The standard InChI is InChI=1S/C33H34N4O4/c1-20-15-24(31-36-35-21(2)41-31)7-8-27(20)22-3-5-23(6-4-22)32(39)37-26(9-14-38)16-25-17-30-28(18-29(25)37)33(19-40-30)10-12-34-13-11-33/h3-8,15,17-18,26,34,38H,9-14,16,19H2,1-2H3. The zero-order valence-corrected chi connectivity index (χ0v) is 23.4. The summed E-state index contributed by atoms with van der Waals surface area (Å²) < 4.78 is 11.8. The molecular formula is C33H34N4O4. The Bertz CT molecular complexity index is 1620. The summed E-state index contributed by atoms with van der Waals surface area (Å²) in [7, 11) is 0. The maximum absolute atomic E-state index is 14.1. The molecule has 0 aliphatic carbocycles. The number of benzene rings is 3. The summed E-state index contributed by atoms with van der Waals surface area (Å²) in [5, 5.41) is 21.4. The van der Waals surface area contributed by atoms with E-state index in [0.29, 0.717) is 30.4 Å². The molecule has 7 rings (SSSR count). The van der Waals surface area contributed by atoms with Crippen molar-refractivity contribution in [2.24, 2.45) is 0 Å². The second kappa shape index (κ2) is 10.1. The summed E-state index contributed by atoms with van der Waals surface area (Å²) >= 11 is 0. The summed E-state index contributed by atoms with van der Waals surface area (Å²) in [5.74, 6) is 1.96. The maximum atomic E-state index is 14.1. The number of aliphatic hydroxyl groups is 1. The highest BCUT2D eigenvalue weighted by atomic mass is 16.5. The SMILES string of the molecule is Cc1nnc(-c2ccc(-c3ccc(C(=O)N4c5cc6c(cc5CC4CCO)OCC64CCNCC4)cc3)c(C)c2)o1. The van der Waals surface area contributed by atoms with Crippen LogP contribution in [0.1, 0.15) is 52.2 Å². The van der Waals surface area contributed by atoms with Crippen LogP contribution in [0.4, 0.5) is 5.69 Å². The molecule has 1 saturated heterocycles. The minimum atomic E-state index is -0.0863. The molecule has 2 N–H and O–H groups in total. The van der Waals surface area contributed by atoms with Gasteiger partial charge in [-0.2, -0.15) is 0 Å². The number of nitrogens with one attached hydrogen (secondary N) is 1. The number of nitrogens with zero attached hydrogens (tertiary/aromatic N) is 3. The van der Waals surface area contributed by atoms with Gasteiger partial charge in [0.15, 0.2) is 0 Å². The van der Waals surface area contributed by atoms with Crippen LogP contribution in [0.15, 0.2) is 59.0 Å². The molecular weight excluding hydrogens is 516 g/mol. The number of aryl methyl sites for hydroxylation is 2. The number of rotatable bonds is 5. The van der Waals surface area contributed by atoms with Crippen molar-refractivity contribution in [1.29, 1.82) is 0 Å². The Balaban J connectivity index is 1.18. The average molecular weight is 551 g/mol. The first-order chi connectivity index (χ1) is 20.0. The number of hydrogen-bond donors (Lipinski definition) is 2. The third-order valence-corrected chi connectivity index (χ3v) is 9.02. The largest absolute Gasteiger partial charge is 0.492 e. The van der Waals surface area contributed by atoms with E-state index in [1.165, 1.54) is 5.56 Å². The molecule has 1 fully saturated rings. The Morgan fingerprint density at radius 3 is 2.54 bits per heavy atom. The number of hydrogen-bond acceptors (Lipinski definition) is 7. The summed E-state index contributed by atoms with van der Waals surface area (Å²) in [6.07, 6.45) is 3.31. The fourth-order valence-electron chi connectivity index (χ4n) is 6.81. The monoisotopic (exact) mass is 550 g/mol. The van der Waals surface area contributed by atoms with E-state index in [-0.39, 0.29) is 24.0 Å². The number of carbonyl (C=O) groups excluding carboxylic acids is 1. The van der Waals surface area contributed by atoms with E-state index >= 15 is 0 Å². The van der Waals surface area contributed by atoms with Crippen LogP contribution < -0.4 is 15.0 Å². The first kappa shape index (κ1) is 25.9. The van der Waals surface area contributed by atoms with E-state index in [0.717, 1.165) is 71.6 Å². The van der Waals surface area contributed by atoms with Crippen LogP contribution in [0, 0.1) is 13.8 Å². The van der Waals surface area contributed by atoms with E-state index in [1.54, 1.807) is 6.92 Å². The van der Waals surface area contributed by atoms with Crippen LogP contribution in [0.25, 0.3) is 22.6 Å². The second-order valence-corrected chi connectivity index (χ2v) is 11.6. The summed E-state index contributed by atoms with van der Waals surface area (Å²) in [6, 6.07) is 18.2. The Kier molecular flexibility index (Phi) is 6.40. The first-order valence-corrected chi connectivity index (χ1v) is 14.4. The van der Waals surface area contributed by atoms with Gasteiger partial charge in [0, 0.05) is 47.4 Å². The lowest BCUT2D eigenvalue weighted by molar-refractivity contribution is 0.0976. The van der Waals surface area contributed by atoms with Gasteiger partial charge in [-0.1, -0.05) is 18.2 Å². The molecule has 3 aromatic carbocycles. The minimum absolute atomic E-state index is 0.0107. The molecule has 4 heterocycles. The van der Waals surface area contributed by atoms with Gasteiger partial charge in [0.2, 0.25) is 11.8 Å². The fraction of sp³-hybridized carbons (Fsp3) is 0.364. The summed E-state index contributed by atoms with van der Waals surface area (Å²) in [5.41, 5.74) is 8.02. The number of aliphatic hydroxyl groups excluding tert-OH is 1. The van der Waals surface area contributed by atoms with Crippen molar-refractivity contribution >= 4 is 11.6 Å². The Hall–Kier alpha value is -4.01. The van der Waals surface area contributed by atoms with Crippen LogP contribution in [-0.2, 0) is 11.8 Å². The zero-order chi connectivity index (χ0) is 28.1. The molecule has 8 heteroatoms. The van der Waals surface area contributed by atoms with Gasteiger partial charge in [-0.25, -0.2) is 0 Å². The Morgan fingerprint density at radius 1 is 1.05 bits per heavy atom. The highest BCUT2D eigenvalue weighted by Crippen LogP contribution is 2.49. The number of aromatic nitrogens is 2. The van der Waals surface area contributed by atoms with E-state index in [9.17, 15) is 9.90 Å². The van der Waals surface area contributed by atoms with Crippen molar-refractivity contribution in [3.05, 3.63) is 82.7 Å². The zero-order valence-electron chi connectivity index (χ0n) is 23.4. The van der Waals surface area contributed by atoms with Crippen molar-refractivity contribution in [2.75, 3.05) is 31.2 Å². The normalized spacial score (nSPS) is 18.8. The van der Waals surface area contributed by atoms with Gasteiger partial charge >= 0.3 is 0 Å². The fourth-order valence-corrected chi connectivity index (χ4v) is 6.81. The Morgan fingerprint density at radius 2 is 1.83 bits per heavy atom. The highest BCUT2D eigenvalue weighted by Gasteiger charge is 2.44. The predicted octanol–water partition coefficient (Wildman–Crippen LogP) is 4.99. The molecule has 3 aliphatic heterocycles. The third-order valence-electron chi connectivity index (χ3n) is 9.02. The molecule has 8 nitrogen and oxygen atoms in total. The predicted molar refractivity (Wildman–Crippen MR) is 156 cm³/mol. The summed E-state index contributed by atoms with van der Waals surface area (Å²) in [4.78, 5) is 16.0. The quantitative estimate of drug-likeness (QED) is 0.361. The van der Waals surface area contributed by atoms with Gasteiger partial charge in [0.25, 0.3) is 5.91 Å². The molecule has 1 atom stereocenters. The second-order valence-electron chi connectivity index (χ2n) is 11.6. The number of ether oxygens (including phenoxy) is 1. The smallest absolute Gasteiger partial charge is 0.258 e. The van der Waals surface area contributed by atoms with Crippen LogP contribution in [-0.4, -0.2) is 53.6 Å². The van der Waals surface area contributed by atoms with E-state index in [1.807, 2.05) is 47.4 Å². The average Bonchev–Trinajstić information content (AvgIpc) is 3.68. The molecule has 41 heavy (non-hydrogen) atoms. The number of anilines is 1. The molecule has 1 amide bonds. The minimum Gasteiger partial charge on any atom is -0.492 e. The van der Waals surface area contributed by atoms with Crippen molar-refractivity contribution in [1.82, 2.24) is 15.5 Å². The molecule has 1 unspecified atom stereocenters. The van der Waals surface area contributed by atoms with E-state index < -0.39 is 0 Å². The van der Waals surface area contributed by atoms with Crippen LogP contribution in [0.3, 0.4) is 0 Å². The molecule has 210 valence electrons. The van der Waals surface area contributed by atoms with Crippen molar-refractivity contribution in [2.45, 2.75) is 51.0 Å². The van der Waals surface area contributed by atoms with Gasteiger partial charge in [-0.05, 0) is 104 Å². The molecule has 1 aromatic heterocycles. The number of piperidine rings is 1. The van der Waals surface area contributed by atoms with Crippen molar-refractivity contribution in [3.8, 4) is 28.3 Å². The lowest BCUT2D eigenvalue weighted by Gasteiger charge is -2.33. The molecule has 0 bridgehead atoms. The lowest BCUT2D eigenvalue weighted by Crippen LogP contribution is -2.41. The van der Waals surface area contributed by atoms with Crippen LogP contribution in [0.5, 0.6) is 5.75 Å². The molecule has 4 aromatic rings. The highest BCUT2D eigenvalue weighted by molar-refractivity contribution is 6.08. The van der Waals surface area contributed by atoms with Crippen LogP contribution in [0.2, 0.25) is 0 Å². The summed E-state index contributed by atoms with van der Waals surface area (Å²) in [6.45, 7) is 6.52. The maximum Gasteiger partial charge on any atom is 0.258 e. The molecule has 0 saturated carbocycles. The van der Waals surface area contributed by atoms with Gasteiger partial charge < -0.3 is 24.5 Å². The molecule has 0 radical (unpaired) electrons. The van der Waals surface area contributed by atoms with Crippen molar-refractivity contribution in [3.63, 3.8) is 0 Å². The lowest BCUT2D eigenvalue weighted by atomic mass is 9.74. The van der Waals surface area contributed by atoms with Gasteiger partial charge in [0.05, 0.1) is 6.61 Å². The number of carbonyl (C=O) groups is 1. The molecule has 3 aliphatic rings. The number of amides is 1.